The van der Waals surface area contributed by atoms with Crippen LogP contribution in [0.1, 0.15) is 32.1 Å². The molecule has 25 heavy (non-hydrogen) atoms. The molecule has 1 aliphatic heterocycles. The Morgan fingerprint density at radius 2 is 1.68 bits per heavy atom. The lowest BCUT2D eigenvalue weighted by molar-refractivity contribution is -0.105. The fraction of sp³-hybridized carbons (Fsp3) is 0.333. The molecule has 1 fully saturated rings. The van der Waals surface area contributed by atoms with Gasteiger partial charge in [-0.1, -0.05) is 18.6 Å². The van der Waals surface area contributed by atoms with E-state index in [1.807, 2.05) is 0 Å². The number of sulfonamides is 1. The van der Waals surface area contributed by atoms with Gasteiger partial charge in [-0.2, -0.15) is 0 Å². The molecule has 0 radical (unpaired) electrons. The number of hydrogen-bond acceptors (Lipinski definition) is 4. The zero-order valence-corrected chi connectivity index (χ0v) is 15.9. The van der Waals surface area contributed by atoms with E-state index in [-0.39, 0.29) is 4.90 Å². The van der Waals surface area contributed by atoms with Crippen molar-refractivity contribution in [1.82, 2.24) is 0 Å². The number of anilines is 1. The van der Waals surface area contributed by atoms with Gasteiger partial charge in [0.1, 0.15) is 4.90 Å². The molecule has 0 atom stereocenters. The molecule has 1 N–H and O–H groups in total. The van der Waals surface area contributed by atoms with Gasteiger partial charge in [0, 0.05) is 23.4 Å². The maximum Gasteiger partial charge on any atom is 0.263 e. The number of fused-ring (bicyclic) bond motifs is 1. The van der Waals surface area contributed by atoms with Gasteiger partial charge >= 0.3 is 0 Å². The van der Waals surface area contributed by atoms with Crippen LogP contribution in [-0.4, -0.2) is 14.2 Å². The molecule has 1 saturated carbocycles. The molecule has 2 aliphatic rings. The van der Waals surface area contributed by atoms with E-state index in [1.165, 1.54) is 6.42 Å². The van der Waals surface area contributed by atoms with Crippen molar-refractivity contribution >= 4 is 31.6 Å². The molecular weight excluding hydrogens is 406 g/mol. The van der Waals surface area contributed by atoms with Crippen molar-refractivity contribution in [2.24, 2.45) is 0 Å². The molecule has 0 saturated heterocycles. The topological polar surface area (TPSA) is 64.6 Å². The van der Waals surface area contributed by atoms with Crippen molar-refractivity contribution in [2.75, 3.05) is 4.72 Å². The van der Waals surface area contributed by atoms with Crippen LogP contribution in [0.5, 0.6) is 11.5 Å². The molecule has 7 heteroatoms. The molecule has 132 valence electrons. The van der Waals surface area contributed by atoms with Gasteiger partial charge in [-0.25, -0.2) is 8.42 Å². The van der Waals surface area contributed by atoms with Crippen molar-refractivity contribution in [1.29, 1.82) is 0 Å². The number of hydrogen-bond donors (Lipinski definition) is 1. The fourth-order valence-corrected chi connectivity index (χ4v) is 5.38. The lowest BCUT2D eigenvalue weighted by atomic mass is 9.94. The van der Waals surface area contributed by atoms with Crippen LogP contribution in [0.4, 0.5) is 5.69 Å². The van der Waals surface area contributed by atoms with Crippen LogP contribution in [0.25, 0.3) is 0 Å². The molecule has 1 spiro atoms. The third kappa shape index (κ3) is 3.22. The largest absolute Gasteiger partial charge is 0.448 e. The molecule has 5 nitrogen and oxygen atoms in total. The van der Waals surface area contributed by atoms with Gasteiger partial charge in [0.25, 0.3) is 15.8 Å². The van der Waals surface area contributed by atoms with Gasteiger partial charge in [-0.3, -0.25) is 4.72 Å². The first-order chi connectivity index (χ1) is 12.0. The lowest BCUT2D eigenvalue weighted by Gasteiger charge is -2.31. The van der Waals surface area contributed by atoms with Crippen molar-refractivity contribution in [2.45, 2.75) is 42.8 Å². The molecule has 0 aromatic heterocycles. The third-order valence-corrected chi connectivity index (χ3v) is 6.92. The SMILES string of the molecule is O=S(=O)(Nc1ccc2c(c1)OC1(CCCCC1)O2)c1ccccc1Br. The number of ether oxygens (including phenoxy) is 2. The second-order valence-corrected chi connectivity index (χ2v) is 8.88. The summed E-state index contributed by atoms with van der Waals surface area (Å²) in [4.78, 5) is 0.191. The van der Waals surface area contributed by atoms with E-state index < -0.39 is 15.8 Å². The average Bonchev–Trinajstić information content (AvgIpc) is 2.92. The highest BCUT2D eigenvalue weighted by Crippen LogP contribution is 2.46. The highest BCUT2D eigenvalue weighted by molar-refractivity contribution is 9.10. The van der Waals surface area contributed by atoms with Gasteiger partial charge in [0.15, 0.2) is 11.5 Å². The first-order valence-electron chi connectivity index (χ1n) is 8.27. The predicted molar refractivity (Wildman–Crippen MR) is 98.5 cm³/mol. The Labute approximate surface area is 155 Å². The summed E-state index contributed by atoms with van der Waals surface area (Å²) in [6.45, 7) is 0. The minimum Gasteiger partial charge on any atom is -0.448 e. The monoisotopic (exact) mass is 423 g/mol. The summed E-state index contributed by atoms with van der Waals surface area (Å²) in [6.07, 6.45) is 5.08. The molecular formula is C18H18BrNO4S. The van der Waals surface area contributed by atoms with Gasteiger partial charge in [-0.15, -0.1) is 0 Å². The van der Waals surface area contributed by atoms with E-state index in [0.29, 0.717) is 21.7 Å². The van der Waals surface area contributed by atoms with Crippen molar-refractivity contribution < 1.29 is 17.9 Å². The maximum atomic E-state index is 12.6. The Morgan fingerprint density at radius 3 is 2.44 bits per heavy atom. The Hall–Kier alpha value is -1.73. The van der Waals surface area contributed by atoms with E-state index in [9.17, 15) is 8.42 Å². The van der Waals surface area contributed by atoms with E-state index in [1.54, 1.807) is 42.5 Å². The van der Waals surface area contributed by atoms with Gasteiger partial charge in [-0.05, 0) is 53.0 Å². The molecule has 0 amide bonds. The normalized spacial score (nSPS) is 18.3. The summed E-state index contributed by atoms with van der Waals surface area (Å²) in [5.74, 6) is 0.695. The van der Waals surface area contributed by atoms with E-state index in [4.69, 9.17) is 9.47 Å². The smallest absolute Gasteiger partial charge is 0.263 e. The Morgan fingerprint density at radius 1 is 0.960 bits per heavy atom. The van der Waals surface area contributed by atoms with Crippen LogP contribution < -0.4 is 14.2 Å². The van der Waals surface area contributed by atoms with Gasteiger partial charge in [0.2, 0.25) is 0 Å². The van der Waals surface area contributed by atoms with Gasteiger partial charge in [0.05, 0.1) is 5.69 Å². The number of rotatable bonds is 3. The number of nitrogens with one attached hydrogen (secondary N) is 1. The summed E-state index contributed by atoms with van der Waals surface area (Å²) in [5, 5.41) is 0. The summed E-state index contributed by atoms with van der Waals surface area (Å²) in [5.41, 5.74) is 0.450. The highest BCUT2D eigenvalue weighted by atomic mass is 79.9. The first kappa shape index (κ1) is 16.7. The molecule has 2 aromatic rings. The summed E-state index contributed by atoms with van der Waals surface area (Å²) in [6, 6.07) is 11.8. The summed E-state index contributed by atoms with van der Waals surface area (Å²) >= 11 is 3.28. The zero-order valence-electron chi connectivity index (χ0n) is 13.5. The minimum absolute atomic E-state index is 0.191. The Balaban J connectivity index is 1.58. The fourth-order valence-electron chi connectivity index (χ4n) is 3.32. The van der Waals surface area contributed by atoms with Crippen molar-refractivity contribution in [3.8, 4) is 11.5 Å². The number of benzene rings is 2. The van der Waals surface area contributed by atoms with E-state index in [0.717, 1.165) is 25.7 Å². The molecule has 0 unspecified atom stereocenters. The number of halogens is 1. The van der Waals surface area contributed by atoms with Crippen LogP contribution in [0, 0.1) is 0 Å². The Bertz CT molecular complexity index is 907. The quantitative estimate of drug-likeness (QED) is 0.777. The highest BCUT2D eigenvalue weighted by Gasteiger charge is 2.42. The van der Waals surface area contributed by atoms with Crippen LogP contribution in [0.3, 0.4) is 0 Å². The molecule has 4 rings (SSSR count). The Kier molecular flexibility index (Phi) is 4.16. The van der Waals surface area contributed by atoms with E-state index in [2.05, 4.69) is 20.7 Å². The molecule has 1 aliphatic carbocycles. The first-order valence-corrected chi connectivity index (χ1v) is 10.5. The molecule has 0 bridgehead atoms. The zero-order chi connectivity index (χ0) is 17.5. The van der Waals surface area contributed by atoms with Crippen molar-refractivity contribution in [3.05, 3.63) is 46.9 Å². The lowest BCUT2D eigenvalue weighted by Crippen LogP contribution is -2.40. The standard InChI is InChI=1S/C18H18BrNO4S/c19-14-6-2-3-7-17(14)25(21,22)20-13-8-9-15-16(12-13)24-18(23-15)10-4-1-5-11-18/h2-3,6-9,12,20H,1,4-5,10-11H2. The van der Waals surface area contributed by atoms with E-state index >= 15 is 0 Å². The van der Waals surface area contributed by atoms with Crippen molar-refractivity contribution in [3.63, 3.8) is 0 Å². The molecule has 1 heterocycles. The van der Waals surface area contributed by atoms with Gasteiger partial charge < -0.3 is 9.47 Å². The van der Waals surface area contributed by atoms with Crippen LogP contribution in [0.15, 0.2) is 51.8 Å². The molecule has 2 aromatic carbocycles. The second-order valence-electron chi connectivity index (χ2n) is 6.37. The second kappa shape index (κ2) is 6.21. The summed E-state index contributed by atoms with van der Waals surface area (Å²) < 4.78 is 40.4. The minimum atomic E-state index is -3.69. The maximum absolute atomic E-state index is 12.6. The van der Waals surface area contributed by atoms with Crippen LogP contribution in [0.2, 0.25) is 0 Å². The predicted octanol–water partition coefficient (Wildman–Crippen LogP) is 4.68. The summed E-state index contributed by atoms with van der Waals surface area (Å²) in [7, 11) is -3.69. The van der Waals surface area contributed by atoms with Crippen LogP contribution >= 0.6 is 15.9 Å². The average molecular weight is 424 g/mol. The third-order valence-electron chi connectivity index (χ3n) is 4.53. The van der Waals surface area contributed by atoms with Crippen LogP contribution in [-0.2, 0) is 10.0 Å².